The Hall–Kier alpha value is -3.39. The molecule has 0 radical (unpaired) electrons. The number of nitrogens with one attached hydrogen (secondary N) is 2. The first-order valence-electron chi connectivity index (χ1n) is 8.70. The number of rotatable bonds is 6. The predicted molar refractivity (Wildman–Crippen MR) is 105 cm³/mol. The standard InChI is InChI=1S/C20H18ClN3O5/c1-20(13-5-3-2-4-6-13)18(27)24(19(28)23-20)11-17(26)29-12-16(25)22-15-9-7-14(21)8-10-15/h2-10H,11-12H2,1H3,(H,22,25)(H,23,28)/t20-/m0/s1. The number of carbonyl (C=O) groups excluding carboxylic acids is 4. The normalized spacial score (nSPS) is 18.3. The molecule has 1 atom stereocenters. The fourth-order valence-electron chi connectivity index (χ4n) is 2.86. The van der Waals surface area contributed by atoms with Gasteiger partial charge in [-0.05, 0) is 36.8 Å². The van der Waals surface area contributed by atoms with Gasteiger partial charge >= 0.3 is 12.0 Å². The Labute approximate surface area is 171 Å². The van der Waals surface area contributed by atoms with E-state index in [1.54, 1.807) is 61.5 Å². The van der Waals surface area contributed by atoms with Gasteiger partial charge in [0.25, 0.3) is 11.8 Å². The monoisotopic (exact) mass is 415 g/mol. The lowest BCUT2D eigenvalue weighted by Crippen LogP contribution is -2.41. The van der Waals surface area contributed by atoms with Gasteiger partial charge in [0.2, 0.25) is 0 Å². The molecular formula is C20H18ClN3O5. The number of amides is 4. The van der Waals surface area contributed by atoms with E-state index in [9.17, 15) is 19.2 Å². The van der Waals surface area contributed by atoms with Crippen LogP contribution in [0.2, 0.25) is 5.02 Å². The van der Waals surface area contributed by atoms with E-state index in [1.165, 1.54) is 0 Å². The van der Waals surface area contributed by atoms with Crippen LogP contribution in [-0.4, -0.2) is 41.9 Å². The molecule has 0 unspecified atom stereocenters. The highest BCUT2D eigenvalue weighted by molar-refractivity contribution is 6.30. The molecule has 0 aliphatic carbocycles. The van der Waals surface area contributed by atoms with E-state index in [2.05, 4.69) is 10.6 Å². The van der Waals surface area contributed by atoms with Gasteiger partial charge in [0, 0.05) is 10.7 Å². The second-order valence-electron chi connectivity index (χ2n) is 6.53. The van der Waals surface area contributed by atoms with E-state index in [0.717, 1.165) is 4.90 Å². The summed E-state index contributed by atoms with van der Waals surface area (Å²) in [4.78, 5) is 49.6. The molecule has 0 saturated carbocycles. The van der Waals surface area contributed by atoms with Crippen LogP contribution in [0.1, 0.15) is 12.5 Å². The third kappa shape index (κ3) is 4.55. The smallest absolute Gasteiger partial charge is 0.326 e. The number of hydrogen-bond acceptors (Lipinski definition) is 5. The van der Waals surface area contributed by atoms with Crippen molar-refractivity contribution in [3.8, 4) is 0 Å². The Morgan fingerprint density at radius 1 is 1.10 bits per heavy atom. The van der Waals surface area contributed by atoms with Crippen LogP contribution < -0.4 is 10.6 Å². The van der Waals surface area contributed by atoms with E-state index >= 15 is 0 Å². The average Bonchev–Trinajstić information content (AvgIpc) is 2.93. The average molecular weight is 416 g/mol. The van der Waals surface area contributed by atoms with Crippen LogP contribution in [0.3, 0.4) is 0 Å². The van der Waals surface area contributed by atoms with Crippen molar-refractivity contribution in [2.75, 3.05) is 18.5 Å². The van der Waals surface area contributed by atoms with E-state index in [4.69, 9.17) is 16.3 Å². The van der Waals surface area contributed by atoms with Crippen molar-refractivity contribution in [3.05, 3.63) is 65.2 Å². The van der Waals surface area contributed by atoms with Crippen molar-refractivity contribution < 1.29 is 23.9 Å². The lowest BCUT2D eigenvalue weighted by atomic mass is 9.92. The molecule has 0 bridgehead atoms. The van der Waals surface area contributed by atoms with Gasteiger partial charge < -0.3 is 15.4 Å². The summed E-state index contributed by atoms with van der Waals surface area (Å²) in [7, 11) is 0. The number of anilines is 1. The summed E-state index contributed by atoms with van der Waals surface area (Å²) in [6, 6.07) is 14.4. The Balaban J connectivity index is 1.55. The van der Waals surface area contributed by atoms with Crippen LogP contribution in [0.25, 0.3) is 0 Å². The lowest BCUT2D eigenvalue weighted by Gasteiger charge is -2.21. The molecule has 1 saturated heterocycles. The Bertz CT molecular complexity index is 948. The summed E-state index contributed by atoms with van der Waals surface area (Å²) in [5.74, 6) is -2.01. The van der Waals surface area contributed by atoms with Crippen LogP contribution in [-0.2, 0) is 24.7 Å². The quantitative estimate of drug-likeness (QED) is 0.556. The van der Waals surface area contributed by atoms with E-state index in [0.29, 0.717) is 16.3 Å². The van der Waals surface area contributed by atoms with Gasteiger partial charge in [-0.3, -0.25) is 19.3 Å². The van der Waals surface area contributed by atoms with Crippen molar-refractivity contribution >= 4 is 41.1 Å². The van der Waals surface area contributed by atoms with E-state index in [-0.39, 0.29) is 0 Å². The Kier molecular flexibility index (Phi) is 5.84. The number of imide groups is 1. The van der Waals surface area contributed by atoms with Gasteiger partial charge in [0.05, 0.1) is 0 Å². The molecule has 4 amide bonds. The lowest BCUT2D eigenvalue weighted by molar-refractivity contribution is -0.150. The third-order valence-corrected chi connectivity index (χ3v) is 4.66. The molecule has 2 N–H and O–H groups in total. The van der Waals surface area contributed by atoms with Crippen molar-refractivity contribution in [2.45, 2.75) is 12.5 Å². The summed E-state index contributed by atoms with van der Waals surface area (Å²) < 4.78 is 4.88. The fraction of sp³-hybridized carbons (Fsp3) is 0.200. The van der Waals surface area contributed by atoms with Crippen molar-refractivity contribution in [1.82, 2.24) is 10.2 Å². The maximum Gasteiger partial charge on any atom is 0.326 e. The van der Waals surface area contributed by atoms with Crippen molar-refractivity contribution in [1.29, 1.82) is 0 Å². The fourth-order valence-corrected chi connectivity index (χ4v) is 2.98. The number of carbonyl (C=O) groups is 4. The molecule has 9 heteroatoms. The molecule has 3 rings (SSSR count). The zero-order valence-electron chi connectivity index (χ0n) is 15.5. The highest BCUT2D eigenvalue weighted by atomic mass is 35.5. The molecule has 150 valence electrons. The zero-order chi connectivity index (χ0) is 21.0. The molecule has 1 fully saturated rings. The van der Waals surface area contributed by atoms with Gasteiger partial charge in [-0.25, -0.2) is 4.79 Å². The van der Waals surface area contributed by atoms with E-state index < -0.39 is 42.5 Å². The summed E-state index contributed by atoms with van der Waals surface area (Å²) in [5.41, 5.74) is -0.190. The maximum absolute atomic E-state index is 12.7. The van der Waals surface area contributed by atoms with Crippen LogP contribution in [0, 0.1) is 0 Å². The number of benzene rings is 2. The molecular weight excluding hydrogens is 398 g/mol. The number of urea groups is 1. The minimum absolute atomic E-state index is 0.489. The maximum atomic E-state index is 12.7. The molecule has 29 heavy (non-hydrogen) atoms. The summed E-state index contributed by atoms with van der Waals surface area (Å²) in [6.45, 7) is 0.413. The van der Waals surface area contributed by atoms with Crippen LogP contribution in [0.5, 0.6) is 0 Å². The molecule has 0 aromatic heterocycles. The number of ether oxygens (including phenoxy) is 1. The number of esters is 1. The summed E-state index contributed by atoms with van der Waals surface area (Å²) >= 11 is 5.77. The molecule has 2 aromatic rings. The first-order valence-corrected chi connectivity index (χ1v) is 9.08. The second kappa shape index (κ2) is 8.32. The van der Waals surface area contributed by atoms with Crippen molar-refractivity contribution in [3.63, 3.8) is 0 Å². The highest BCUT2D eigenvalue weighted by Crippen LogP contribution is 2.28. The first kappa shape index (κ1) is 20.3. The highest BCUT2D eigenvalue weighted by Gasteiger charge is 2.49. The SMILES string of the molecule is C[C@@]1(c2ccccc2)NC(=O)N(CC(=O)OCC(=O)Nc2ccc(Cl)cc2)C1=O. The molecule has 2 aromatic carbocycles. The van der Waals surface area contributed by atoms with Gasteiger partial charge in [-0.2, -0.15) is 0 Å². The van der Waals surface area contributed by atoms with Crippen LogP contribution >= 0.6 is 11.6 Å². The Morgan fingerprint density at radius 3 is 2.41 bits per heavy atom. The summed E-state index contributed by atoms with van der Waals surface area (Å²) in [6.07, 6.45) is 0. The minimum Gasteiger partial charge on any atom is -0.454 e. The van der Waals surface area contributed by atoms with Crippen molar-refractivity contribution in [2.24, 2.45) is 0 Å². The number of halogens is 1. The molecule has 0 spiro atoms. The molecule has 1 heterocycles. The number of hydrogen-bond donors (Lipinski definition) is 2. The Morgan fingerprint density at radius 2 is 1.76 bits per heavy atom. The van der Waals surface area contributed by atoms with Crippen LogP contribution in [0.15, 0.2) is 54.6 Å². The third-order valence-electron chi connectivity index (χ3n) is 4.41. The van der Waals surface area contributed by atoms with Gasteiger partial charge in [0.1, 0.15) is 12.1 Å². The van der Waals surface area contributed by atoms with E-state index in [1.807, 2.05) is 0 Å². The number of nitrogens with zero attached hydrogens (tertiary/aromatic N) is 1. The first-order chi connectivity index (χ1) is 13.8. The molecule has 1 aliphatic heterocycles. The molecule has 8 nitrogen and oxygen atoms in total. The van der Waals surface area contributed by atoms with Gasteiger partial charge in [-0.1, -0.05) is 41.9 Å². The second-order valence-corrected chi connectivity index (χ2v) is 6.96. The summed E-state index contributed by atoms with van der Waals surface area (Å²) in [5, 5.41) is 5.65. The largest absolute Gasteiger partial charge is 0.454 e. The van der Waals surface area contributed by atoms with Gasteiger partial charge in [-0.15, -0.1) is 0 Å². The predicted octanol–water partition coefficient (Wildman–Crippen LogP) is 2.29. The van der Waals surface area contributed by atoms with Gasteiger partial charge in [0.15, 0.2) is 6.61 Å². The molecule has 1 aliphatic rings. The van der Waals surface area contributed by atoms with Crippen LogP contribution in [0.4, 0.5) is 10.5 Å². The topological polar surface area (TPSA) is 105 Å². The zero-order valence-corrected chi connectivity index (χ0v) is 16.2. The minimum atomic E-state index is -1.27.